The van der Waals surface area contributed by atoms with E-state index < -0.39 is 0 Å². The minimum absolute atomic E-state index is 0.118. The van der Waals surface area contributed by atoms with Crippen LogP contribution in [0.3, 0.4) is 0 Å². The third-order valence-electron chi connectivity index (χ3n) is 2.64. The Bertz CT molecular complexity index is 590. The van der Waals surface area contributed by atoms with Crippen LogP contribution in [0.5, 0.6) is 0 Å². The number of rotatable bonds is 2. The molecule has 4 heteroatoms. The maximum atomic E-state index is 8.61. The minimum atomic E-state index is -0.118. The van der Waals surface area contributed by atoms with E-state index in [4.69, 9.17) is 16.7 Å². The van der Waals surface area contributed by atoms with Gasteiger partial charge in [-0.2, -0.15) is 5.10 Å². The molecule has 1 aromatic heterocycles. The van der Waals surface area contributed by atoms with Gasteiger partial charge in [-0.3, -0.25) is 4.68 Å². The third kappa shape index (κ3) is 2.92. The largest absolute Gasteiger partial charge is 0.384 e. The van der Waals surface area contributed by atoms with Crippen molar-refractivity contribution < 1.29 is 5.11 Å². The van der Waals surface area contributed by atoms with Crippen molar-refractivity contribution in [2.75, 3.05) is 6.61 Å². The summed E-state index contributed by atoms with van der Waals surface area (Å²) >= 11 is 5.95. The Kier molecular flexibility index (Phi) is 4.03. The van der Waals surface area contributed by atoms with Crippen LogP contribution in [0.2, 0.25) is 5.02 Å². The topological polar surface area (TPSA) is 38.0 Å². The van der Waals surface area contributed by atoms with Gasteiger partial charge in [0.1, 0.15) is 6.61 Å². The fourth-order valence-corrected chi connectivity index (χ4v) is 1.73. The van der Waals surface area contributed by atoms with Gasteiger partial charge in [0.05, 0.1) is 23.5 Å². The first-order valence-electron chi connectivity index (χ1n) is 5.57. The summed E-state index contributed by atoms with van der Waals surface area (Å²) in [5, 5.41) is 13.5. The summed E-state index contributed by atoms with van der Waals surface area (Å²) < 4.78 is 1.86. The second kappa shape index (κ2) is 5.72. The number of nitrogens with zero attached hydrogens (tertiary/aromatic N) is 2. The van der Waals surface area contributed by atoms with Gasteiger partial charge in [-0.05, 0) is 24.6 Å². The summed E-state index contributed by atoms with van der Waals surface area (Å²) in [5.41, 5.74) is 2.98. The predicted molar refractivity (Wildman–Crippen MR) is 71.5 cm³/mol. The van der Waals surface area contributed by atoms with Crippen LogP contribution in [0.1, 0.15) is 16.8 Å². The molecule has 2 rings (SSSR count). The highest BCUT2D eigenvalue weighted by molar-refractivity contribution is 6.31. The Labute approximate surface area is 111 Å². The molecule has 0 atom stereocenters. The van der Waals surface area contributed by atoms with E-state index in [2.05, 4.69) is 16.9 Å². The highest BCUT2D eigenvalue weighted by Crippen LogP contribution is 2.15. The van der Waals surface area contributed by atoms with Crippen LogP contribution in [-0.4, -0.2) is 21.5 Å². The maximum Gasteiger partial charge on any atom is 0.104 e. The van der Waals surface area contributed by atoms with Gasteiger partial charge < -0.3 is 5.11 Å². The lowest BCUT2D eigenvalue weighted by atomic mass is 10.1. The van der Waals surface area contributed by atoms with E-state index in [0.29, 0.717) is 11.6 Å². The Morgan fingerprint density at radius 2 is 2.06 bits per heavy atom. The first-order chi connectivity index (χ1) is 8.70. The number of aliphatic hydroxyl groups excluding tert-OH is 1. The molecule has 0 spiro atoms. The van der Waals surface area contributed by atoms with Gasteiger partial charge in [0.25, 0.3) is 0 Å². The van der Waals surface area contributed by atoms with Crippen LogP contribution in [0.15, 0.2) is 30.5 Å². The normalized spacial score (nSPS) is 9.94. The first-order valence-corrected chi connectivity index (χ1v) is 5.95. The molecule has 1 heterocycles. The number of aromatic nitrogens is 2. The first kappa shape index (κ1) is 12.7. The summed E-state index contributed by atoms with van der Waals surface area (Å²) in [6, 6.07) is 7.85. The van der Waals surface area contributed by atoms with Gasteiger partial charge in [-0.15, -0.1) is 0 Å². The second-order valence-electron chi connectivity index (χ2n) is 3.89. The summed E-state index contributed by atoms with van der Waals surface area (Å²) in [7, 11) is 0. The van der Waals surface area contributed by atoms with Crippen LogP contribution in [0.4, 0.5) is 0 Å². The zero-order valence-electron chi connectivity index (χ0n) is 10.0. The lowest BCUT2D eigenvalue weighted by Crippen LogP contribution is -2.03. The number of aliphatic hydroxyl groups is 1. The quantitative estimate of drug-likeness (QED) is 0.841. The number of benzene rings is 1. The van der Waals surface area contributed by atoms with Gasteiger partial charge in [-0.25, -0.2) is 0 Å². The van der Waals surface area contributed by atoms with Gasteiger partial charge in [0, 0.05) is 5.56 Å². The monoisotopic (exact) mass is 260 g/mol. The SMILES string of the molecule is Cc1c(Cl)cnn1Cc1ccc(C#CCO)cc1. The molecule has 0 bridgehead atoms. The molecule has 0 aliphatic rings. The van der Waals surface area contributed by atoms with E-state index in [1.165, 1.54) is 0 Å². The molecular weight excluding hydrogens is 248 g/mol. The van der Waals surface area contributed by atoms with Gasteiger partial charge in [0.15, 0.2) is 0 Å². The van der Waals surface area contributed by atoms with Crippen LogP contribution in [0.25, 0.3) is 0 Å². The van der Waals surface area contributed by atoms with Crippen molar-refractivity contribution in [2.45, 2.75) is 13.5 Å². The average Bonchev–Trinajstić information content (AvgIpc) is 2.70. The van der Waals surface area contributed by atoms with Crippen LogP contribution in [0, 0.1) is 18.8 Å². The zero-order valence-corrected chi connectivity index (χ0v) is 10.8. The van der Waals surface area contributed by atoms with Crippen molar-refractivity contribution in [3.8, 4) is 11.8 Å². The zero-order chi connectivity index (χ0) is 13.0. The standard InChI is InChI=1S/C14H13ClN2O/c1-11-14(15)9-16-17(11)10-13-6-4-12(5-7-13)3-2-8-18/h4-7,9,18H,8,10H2,1H3. The van der Waals surface area contributed by atoms with Gasteiger partial charge in [-0.1, -0.05) is 35.6 Å². The molecule has 3 nitrogen and oxygen atoms in total. The van der Waals surface area contributed by atoms with Gasteiger partial charge >= 0.3 is 0 Å². The van der Waals surface area contributed by atoms with E-state index in [1.807, 2.05) is 35.9 Å². The molecule has 0 aliphatic carbocycles. The van der Waals surface area contributed by atoms with Crippen molar-refractivity contribution in [2.24, 2.45) is 0 Å². The highest BCUT2D eigenvalue weighted by atomic mass is 35.5. The van der Waals surface area contributed by atoms with E-state index in [1.54, 1.807) is 6.20 Å². The van der Waals surface area contributed by atoms with Crippen molar-refractivity contribution >= 4 is 11.6 Å². The van der Waals surface area contributed by atoms with Crippen molar-refractivity contribution in [1.82, 2.24) is 9.78 Å². The molecule has 0 fully saturated rings. The van der Waals surface area contributed by atoms with Crippen LogP contribution >= 0.6 is 11.6 Å². The summed E-state index contributed by atoms with van der Waals surface area (Å²) in [6.07, 6.45) is 1.65. The smallest absolute Gasteiger partial charge is 0.104 e. The molecular formula is C14H13ClN2O. The van der Waals surface area contributed by atoms with E-state index in [-0.39, 0.29) is 6.61 Å². The Morgan fingerprint density at radius 3 is 2.61 bits per heavy atom. The van der Waals surface area contributed by atoms with Gasteiger partial charge in [0.2, 0.25) is 0 Å². The van der Waals surface area contributed by atoms with Crippen LogP contribution < -0.4 is 0 Å². The average molecular weight is 261 g/mol. The van der Waals surface area contributed by atoms with E-state index in [9.17, 15) is 0 Å². The fourth-order valence-electron chi connectivity index (χ4n) is 1.59. The highest BCUT2D eigenvalue weighted by Gasteiger charge is 2.04. The fraction of sp³-hybridized carbons (Fsp3) is 0.214. The maximum absolute atomic E-state index is 8.61. The molecule has 0 radical (unpaired) electrons. The van der Waals surface area contributed by atoms with Crippen molar-refractivity contribution in [3.05, 3.63) is 52.3 Å². The number of halogens is 1. The molecule has 92 valence electrons. The number of hydrogen-bond donors (Lipinski definition) is 1. The number of hydrogen-bond acceptors (Lipinski definition) is 2. The lowest BCUT2D eigenvalue weighted by Gasteiger charge is -2.04. The Balaban J connectivity index is 2.13. The second-order valence-corrected chi connectivity index (χ2v) is 4.30. The van der Waals surface area contributed by atoms with Crippen molar-refractivity contribution in [3.63, 3.8) is 0 Å². The predicted octanol–water partition coefficient (Wildman–Crippen LogP) is 2.24. The molecule has 0 amide bonds. The lowest BCUT2D eigenvalue weighted by molar-refractivity contribution is 0.350. The molecule has 0 aliphatic heterocycles. The molecule has 18 heavy (non-hydrogen) atoms. The summed E-state index contributed by atoms with van der Waals surface area (Å²) in [5.74, 6) is 5.47. The van der Waals surface area contributed by atoms with E-state index >= 15 is 0 Å². The molecule has 1 N–H and O–H groups in total. The van der Waals surface area contributed by atoms with Crippen molar-refractivity contribution in [1.29, 1.82) is 0 Å². The summed E-state index contributed by atoms with van der Waals surface area (Å²) in [4.78, 5) is 0. The Morgan fingerprint density at radius 1 is 1.33 bits per heavy atom. The van der Waals surface area contributed by atoms with E-state index in [0.717, 1.165) is 16.8 Å². The Hall–Kier alpha value is -1.76. The molecule has 2 aromatic rings. The molecule has 0 unspecified atom stereocenters. The summed E-state index contributed by atoms with van der Waals surface area (Å²) in [6.45, 7) is 2.51. The molecule has 1 aromatic carbocycles. The minimum Gasteiger partial charge on any atom is -0.384 e. The molecule has 0 saturated carbocycles. The third-order valence-corrected chi connectivity index (χ3v) is 3.01. The van der Waals surface area contributed by atoms with Crippen LogP contribution in [-0.2, 0) is 6.54 Å². The molecule has 0 saturated heterocycles.